The van der Waals surface area contributed by atoms with E-state index >= 15 is 0 Å². The lowest BCUT2D eigenvalue weighted by molar-refractivity contribution is -0.115. The quantitative estimate of drug-likeness (QED) is 0.922. The highest BCUT2D eigenvalue weighted by molar-refractivity contribution is 5.94. The third-order valence-electron chi connectivity index (χ3n) is 5.29. The summed E-state index contributed by atoms with van der Waals surface area (Å²) in [6.45, 7) is 2.15. The fraction of sp³-hybridized carbons (Fsp3) is 0.368. The van der Waals surface area contributed by atoms with Crippen LogP contribution in [-0.2, 0) is 4.74 Å². The Bertz CT molecular complexity index is 794. The molecule has 2 aromatic rings. The first kappa shape index (κ1) is 15.1. The van der Waals surface area contributed by atoms with Crippen molar-refractivity contribution in [3.63, 3.8) is 0 Å². The van der Waals surface area contributed by atoms with Crippen LogP contribution in [0.25, 0.3) is 0 Å². The molecule has 1 aromatic heterocycles. The molecule has 2 aliphatic heterocycles. The molecule has 1 amide bonds. The van der Waals surface area contributed by atoms with Gasteiger partial charge in [-0.2, -0.15) is 0 Å². The summed E-state index contributed by atoms with van der Waals surface area (Å²) >= 11 is 0. The summed E-state index contributed by atoms with van der Waals surface area (Å²) in [4.78, 5) is 29.4. The Morgan fingerprint density at radius 3 is 2.58 bits per heavy atom. The molecule has 5 nitrogen and oxygen atoms in total. The molecule has 2 aliphatic rings. The minimum Gasteiger partial charge on any atom is -0.381 e. The number of nitrogens with zero attached hydrogens (tertiary/aromatic N) is 1. The van der Waals surface area contributed by atoms with Gasteiger partial charge in [0.1, 0.15) is 5.56 Å². The van der Waals surface area contributed by atoms with E-state index in [1.165, 1.54) is 0 Å². The fourth-order valence-corrected chi connectivity index (χ4v) is 4.05. The van der Waals surface area contributed by atoms with Gasteiger partial charge in [-0.1, -0.05) is 30.3 Å². The van der Waals surface area contributed by atoms with Crippen LogP contribution in [0.5, 0.6) is 0 Å². The van der Waals surface area contributed by atoms with E-state index in [-0.39, 0.29) is 28.5 Å². The molecule has 0 saturated carbocycles. The smallest absolute Gasteiger partial charge is 0.260 e. The van der Waals surface area contributed by atoms with E-state index in [4.69, 9.17) is 4.74 Å². The highest BCUT2D eigenvalue weighted by Crippen LogP contribution is 2.54. The summed E-state index contributed by atoms with van der Waals surface area (Å²) in [5, 5.41) is 0. The van der Waals surface area contributed by atoms with Gasteiger partial charge >= 0.3 is 0 Å². The monoisotopic (exact) mass is 324 g/mol. The van der Waals surface area contributed by atoms with Crippen LogP contribution in [0.15, 0.2) is 53.5 Å². The zero-order chi connectivity index (χ0) is 16.6. The molecule has 1 atom stereocenters. The predicted octanol–water partition coefficient (Wildman–Crippen LogP) is 2.37. The molecule has 2 saturated heterocycles. The van der Waals surface area contributed by atoms with Gasteiger partial charge in [-0.3, -0.25) is 9.59 Å². The standard InChI is InChI=1S/C19H20N2O3/c22-17-15(7-4-10-20-17)18(23)21-13-19(8-11-24-12-9-19)16(21)14-5-2-1-3-6-14/h1-7,10,16H,8-9,11-13H2,(H,20,22). The number of likely N-dealkylation sites (tertiary alicyclic amines) is 1. The summed E-state index contributed by atoms with van der Waals surface area (Å²) in [6.07, 6.45) is 3.44. The van der Waals surface area contributed by atoms with Crippen molar-refractivity contribution in [3.8, 4) is 0 Å². The number of amides is 1. The van der Waals surface area contributed by atoms with Gasteiger partial charge in [-0.05, 0) is 30.5 Å². The van der Waals surface area contributed by atoms with Gasteiger partial charge < -0.3 is 14.6 Å². The first-order chi connectivity index (χ1) is 11.7. The molecular formula is C19H20N2O3. The largest absolute Gasteiger partial charge is 0.381 e. The van der Waals surface area contributed by atoms with Gasteiger partial charge in [-0.25, -0.2) is 0 Å². The number of carbonyl (C=O) groups is 1. The minimum absolute atomic E-state index is 0.00899. The Balaban J connectivity index is 1.70. The van der Waals surface area contributed by atoms with Crippen LogP contribution in [0.2, 0.25) is 0 Å². The highest BCUT2D eigenvalue weighted by Gasteiger charge is 2.55. The molecule has 2 fully saturated rings. The molecular weight excluding hydrogens is 304 g/mol. The van der Waals surface area contributed by atoms with Gasteiger partial charge in [0.05, 0.1) is 6.04 Å². The van der Waals surface area contributed by atoms with E-state index in [0.717, 1.165) is 31.6 Å². The summed E-state index contributed by atoms with van der Waals surface area (Å²) in [6, 6.07) is 13.4. The lowest BCUT2D eigenvalue weighted by Gasteiger charge is -2.59. The zero-order valence-corrected chi connectivity index (χ0v) is 13.4. The number of aromatic amines is 1. The molecule has 5 heteroatoms. The molecule has 0 radical (unpaired) electrons. The Kier molecular flexibility index (Phi) is 3.73. The third-order valence-corrected chi connectivity index (χ3v) is 5.29. The number of rotatable bonds is 2. The first-order valence-electron chi connectivity index (χ1n) is 8.33. The molecule has 1 spiro atoms. The van der Waals surface area contributed by atoms with Crippen molar-refractivity contribution >= 4 is 5.91 Å². The number of hydrogen-bond donors (Lipinski definition) is 1. The summed E-state index contributed by atoms with van der Waals surface area (Å²) < 4.78 is 5.53. The molecule has 1 N–H and O–H groups in total. The lowest BCUT2D eigenvalue weighted by atomic mass is 9.64. The van der Waals surface area contributed by atoms with Crippen molar-refractivity contribution < 1.29 is 9.53 Å². The number of carbonyl (C=O) groups excluding carboxylic acids is 1. The van der Waals surface area contributed by atoms with Crippen molar-refractivity contribution in [2.45, 2.75) is 18.9 Å². The molecule has 24 heavy (non-hydrogen) atoms. The molecule has 4 rings (SSSR count). The maximum atomic E-state index is 12.9. The average molecular weight is 324 g/mol. The Morgan fingerprint density at radius 1 is 1.12 bits per heavy atom. The second kappa shape index (κ2) is 5.91. The fourth-order valence-electron chi connectivity index (χ4n) is 4.05. The van der Waals surface area contributed by atoms with Crippen molar-refractivity contribution in [1.82, 2.24) is 9.88 Å². The molecule has 1 aromatic carbocycles. The zero-order valence-electron chi connectivity index (χ0n) is 13.4. The average Bonchev–Trinajstić information content (AvgIpc) is 2.61. The number of pyridine rings is 1. The number of hydrogen-bond acceptors (Lipinski definition) is 3. The van der Waals surface area contributed by atoms with Crippen molar-refractivity contribution in [2.24, 2.45) is 5.41 Å². The number of H-pyrrole nitrogens is 1. The maximum Gasteiger partial charge on any atom is 0.260 e. The van der Waals surface area contributed by atoms with E-state index in [2.05, 4.69) is 17.1 Å². The van der Waals surface area contributed by atoms with Crippen LogP contribution in [0, 0.1) is 5.41 Å². The minimum atomic E-state index is -0.331. The lowest BCUT2D eigenvalue weighted by Crippen LogP contribution is -2.62. The molecule has 1 unspecified atom stereocenters. The normalized spacial score (nSPS) is 22.2. The van der Waals surface area contributed by atoms with Crippen LogP contribution in [0.4, 0.5) is 0 Å². The van der Waals surface area contributed by atoms with Crippen LogP contribution in [-0.4, -0.2) is 35.5 Å². The summed E-state index contributed by atoms with van der Waals surface area (Å²) in [7, 11) is 0. The highest BCUT2D eigenvalue weighted by atomic mass is 16.5. The van der Waals surface area contributed by atoms with Gasteiger partial charge in [0.15, 0.2) is 0 Å². The first-order valence-corrected chi connectivity index (χ1v) is 8.33. The van der Waals surface area contributed by atoms with E-state index in [1.807, 2.05) is 23.1 Å². The molecule has 0 aliphatic carbocycles. The van der Waals surface area contributed by atoms with E-state index in [9.17, 15) is 9.59 Å². The van der Waals surface area contributed by atoms with Gasteiger partial charge in [0, 0.05) is 31.4 Å². The topological polar surface area (TPSA) is 62.4 Å². The third kappa shape index (κ3) is 2.36. The van der Waals surface area contributed by atoms with Crippen LogP contribution < -0.4 is 5.56 Å². The van der Waals surface area contributed by atoms with Crippen LogP contribution >= 0.6 is 0 Å². The van der Waals surface area contributed by atoms with Crippen LogP contribution in [0.3, 0.4) is 0 Å². The maximum absolute atomic E-state index is 12.9. The number of aromatic nitrogens is 1. The number of benzene rings is 1. The number of nitrogens with one attached hydrogen (secondary N) is 1. The van der Waals surface area contributed by atoms with Gasteiger partial charge in [-0.15, -0.1) is 0 Å². The van der Waals surface area contributed by atoms with Gasteiger partial charge in [0.2, 0.25) is 0 Å². The summed E-state index contributed by atoms with van der Waals surface area (Å²) in [5.41, 5.74) is 1.07. The van der Waals surface area contributed by atoms with Crippen molar-refractivity contribution in [3.05, 3.63) is 70.1 Å². The van der Waals surface area contributed by atoms with E-state index < -0.39 is 0 Å². The molecule has 3 heterocycles. The second-order valence-electron chi connectivity index (χ2n) is 6.63. The predicted molar refractivity (Wildman–Crippen MR) is 89.8 cm³/mol. The Labute approximate surface area is 140 Å². The van der Waals surface area contributed by atoms with Crippen molar-refractivity contribution in [1.29, 1.82) is 0 Å². The molecule has 124 valence electrons. The SMILES string of the molecule is O=C(c1ccc[nH]c1=O)N1CC2(CCOCC2)C1c1ccccc1. The number of ether oxygens (including phenoxy) is 1. The van der Waals surface area contributed by atoms with Crippen LogP contribution in [0.1, 0.15) is 34.8 Å². The Morgan fingerprint density at radius 2 is 1.88 bits per heavy atom. The van der Waals surface area contributed by atoms with Crippen molar-refractivity contribution in [2.75, 3.05) is 19.8 Å². The second-order valence-corrected chi connectivity index (χ2v) is 6.63. The van der Waals surface area contributed by atoms with E-state index in [0.29, 0.717) is 6.54 Å². The van der Waals surface area contributed by atoms with E-state index in [1.54, 1.807) is 18.3 Å². The summed E-state index contributed by atoms with van der Waals surface area (Å²) in [5.74, 6) is -0.192. The molecule has 0 bridgehead atoms. The van der Waals surface area contributed by atoms with Gasteiger partial charge in [0.25, 0.3) is 11.5 Å². The Hall–Kier alpha value is -2.40.